The molecule has 1 saturated heterocycles. The summed E-state index contributed by atoms with van der Waals surface area (Å²) < 4.78 is 5.43. The molecule has 0 spiro atoms. The second kappa shape index (κ2) is 11.3. The molecule has 9 heteroatoms. The molecule has 1 fully saturated rings. The Labute approximate surface area is 208 Å². The van der Waals surface area contributed by atoms with Crippen molar-refractivity contribution in [1.29, 1.82) is 0 Å². The molecule has 0 bridgehead atoms. The molecule has 1 unspecified atom stereocenters. The molecular weight excluding hydrogens is 483 g/mol. The Morgan fingerprint density at radius 3 is 2.70 bits per heavy atom. The van der Waals surface area contributed by atoms with E-state index in [-0.39, 0.29) is 11.8 Å². The fourth-order valence-corrected chi connectivity index (χ4v) is 4.62. The minimum Gasteiger partial charge on any atom is -0.356 e. The molecule has 0 aliphatic carbocycles. The summed E-state index contributed by atoms with van der Waals surface area (Å²) in [5.41, 5.74) is 1.89. The Balaban J connectivity index is 1.25. The van der Waals surface area contributed by atoms with E-state index in [0.29, 0.717) is 47.0 Å². The van der Waals surface area contributed by atoms with E-state index in [1.165, 1.54) is 5.56 Å². The van der Waals surface area contributed by atoms with E-state index in [1.807, 2.05) is 24.3 Å². The second-order valence-corrected chi connectivity index (χ2v) is 9.51. The fraction of sp³-hybridized carbons (Fsp3) is 0.375. The van der Waals surface area contributed by atoms with E-state index in [1.54, 1.807) is 18.2 Å². The van der Waals surface area contributed by atoms with Gasteiger partial charge in [-0.05, 0) is 68.1 Å². The molecule has 1 amide bonds. The minimum absolute atomic E-state index is 0.0395. The number of aryl methyl sites for hydroxylation is 1. The maximum atomic E-state index is 12.7. The van der Waals surface area contributed by atoms with Crippen LogP contribution in [0.4, 0.5) is 0 Å². The second-order valence-electron chi connectivity index (χ2n) is 8.23. The Morgan fingerprint density at radius 2 is 1.91 bits per heavy atom. The number of benzene rings is 2. The van der Waals surface area contributed by atoms with Gasteiger partial charge >= 0.3 is 0 Å². The lowest BCUT2D eigenvalue weighted by Crippen LogP contribution is -2.43. The Morgan fingerprint density at radius 1 is 1.12 bits per heavy atom. The molecule has 2 aromatic carbocycles. The lowest BCUT2D eigenvalue weighted by atomic mass is 9.97. The molecule has 1 aliphatic rings. The molecule has 0 saturated carbocycles. The number of nitrogens with one attached hydrogen (secondary N) is 1. The van der Waals surface area contributed by atoms with Crippen molar-refractivity contribution in [2.24, 2.45) is 5.92 Å². The zero-order valence-corrected chi connectivity index (χ0v) is 20.3. The number of amides is 1. The van der Waals surface area contributed by atoms with Crippen LogP contribution in [0.5, 0.6) is 0 Å². The van der Waals surface area contributed by atoms with Gasteiger partial charge in [-0.3, -0.25) is 9.69 Å². The van der Waals surface area contributed by atoms with Gasteiger partial charge in [0.05, 0.1) is 17.5 Å². The zero-order chi connectivity index (χ0) is 23.2. The molecule has 3 aromatic rings. The highest BCUT2D eigenvalue weighted by Crippen LogP contribution is 2.28. The average molecular weight is 508 g/mol. The van der Waals surface area contributed by atoms with E-state index in [0.717, 1.165) is 37.3 Å². The van der Waals surface area contributed by atoms with Crippen molar-refractivity contribution in [3.05, 3.63) is 69.0 Å². The number of hydrogen-bond donors (Lipinski definition) is 1. The van der Waals surface area contributed by atoms with Crippen LogP contribution in [0.3, 0.4) is 0 Å². The first-order chi connectivity index (χ1) is 16.0. The van der Waals surface area contributed by atoms with Crippen LogP contribution in [0.15, 0.2) is 47.0 Å². The molecule has 174 valence electrons. The van der Waals surface area contributed by atoms with Gasteiger partial charge in [-0.25, -0.2) is 0 Å². The SMILES string of the molecule is O=C(NCCCc1ccc(Cl)cc1)C1CCCN(Cc2nc(-c3ccc(Cl)cc3Cl)no2)C1. The van der Waals surface area contributed by atoms with Crippen LogP contribution in [-0.4, -0.2) is 40.6 Å². The molecule has 6 nitrogen and oxygen atoms in total. The average Bonchev–Trinajstić information content (AvgIpc) is 3.26. The van der Waals surface area contributed by atoms with E-state index in [2.05, 4.69) is 20.4 Å². The number of carbonyl (C=O) groups excluding carboxylic acids is 1. The predicted octanol–water partition coefficient (Wildman–Crippen LogP) is 5.66. The van der Waals surface area contributed by atoms with E-state index >= 15 is 0 Å². The number of hydrogen-bond acceptors (Lipinski definition) is 5. The highest BCUT2D eigenvalue weighted by molar-refractivity contribution is 6.36. The number of halogens is 3. The van der Waals surface area contributed by atoms with Crippen molar-refractivity contribution in [3.63, 3.8) is 0 Å². The summed E-state index contributed by atoms with van der Waals surface area (Å²) in [6.45, 7) is 2.72. The van der Waals surface area contributed by atoms with Crippen LogP contribution in [0.2, 0.25) is 15.1 Å². The normalized spacial score (nSPS) is 16.6. The molecule has 33 heavy (non-hydrogen) atoms. The summed E-state index contributed by atoms with van der Waals surface area (Å²) in [4.78, 5) is 19.3. The quantitative estimate of drug-likeness (QED) is 0.399. The molecule has 4 rings (SSSR count). The molecule has 0 radical (unpaired) electrons. The Kier molecular flexibility index (Phi) is 8.25. The van der Waals surface area contributed by atoms with Gasteiger partial charge in [-0.2, -0.15) is 4.98 Å². The molecule has 1 aromatic heterocycles. The van der Waals surface area contributed by atoms with Crippen molar-refractivity contribution < 1.29 is 9.32 Å². The number of carbonyl (C=O) groups is 1. The van der Waals surface area contributed by atoms with E-state index in [4.69, 9.17) is 39.3 Å². The fourth-order valence-electron chi connectivity index (χ4n) is 4.00. The van der Waals surface area contributed by atoms with E-state index < -0.39 is 0 Å². The molecule has 1 aliphatic heterocycles. The number of rotatable bonds is 8. The smallest absolute Gasteiger partial charge is 0.241 e. The van der Waals surface area contributed by atoms with Gasteiger partial charge in [0, 0.05) is 28.7 Å². The summed E-state index contributed by atoms with van der Waals surface area (Å²) in [7, 11) is 0. The molecule has 1 atom stereocenters. The first kappa shape index (κ1) is 24.0. The topological polar surface area (TPSA) is 71.3 Å². The van der Waals surface area contributed by atoms with Crippen molar-refractivity contribution in [3.8, 4) is 11.4 Å². The van der Waals surface area contributed by atoms with Crippen LogP contribution in [0.1, 0.15) is 30.7 Å². The minimum atomic E-state index is -0.0395. The number of nitrogens with zero attached hydrogens (tertiary/aromatic N) is 3. The monoisotopic (exact) mass is 506 g/mol. The van der Waals surface area contributed by atoms with Gasteiger partial charge in [0.15, 0.2) is 0 Å². The van der Waals surface area contributed by atoms with Crippen molar-refractivity contribution >= 4 is 40.7 Å². The third-order valence-corrected chi connectivity index (χ3v) is 6.53. The molecular formula is C24H25Cl3N4O2. The number of aromatic nitrogens is 2. The highest BCUT2D eigenvalue weighted by Gasteiger charge is 2.26. The first-order valence-electron chi connectivity index (χ1n) is 11.0. The lowest BCUT2D eigenvalue weighted by Gasteiger charge is -2.30. The lowest BCUT2D eigenvalue weighted by molar-refractivity contribution is -0.126. The van der Waals surface area contributed by atoms with Crippen LogP contribution in [0, 0.1) is 5.92 Å². The summed E-state index contributed by atoms with van der Waals surface area (Å²) in [5.74, 6) is 0.996. The number of likely N-dealkylation sites (tertiary alicyclic amines) is 1. The van der Waals surface area contributed by atoms with Gasteiger partial charge in [0.2, 0.25) is 17.6 Å². The number of piperidine rings is 1. The maximum absolute atomic E-state index is 12.7. The Hall–Kier alpha value is -2.12. The Bertz CT molecular complexity index is 1090. The van der Waals surface area contributed by atoms with Crippen LogP contribution in [-0.2, 0) is 17.8 Å². The summed E-state index contributed by atoms with van der Waals surface area (Å²) in [6.07, 6.45) is 3.63. The largest absolute Gasteiger partial charge is 0.356 e. The van der Waals surface area contributed by atoms with Crippen molar-refractivity contribution in [1.82, 2.24) is 20.4 Å². The van der Waals surface area contributed by atoms with Crippen LogP contribution in [0.25, 0.3) is 11.4 Å². The van der Waals surface area contributed by atoms with Crippen LogP contribution >= 0.6 is 34.8 Å². The van der Waals surface area contributed by atoms with Gasteiger partial charge < -0.3 is 9.84 Å². The summed E-state index contributed by atoms with van der Waals surface area (Å²) in [5, 5.41) is 8.89. The zero-order valence-electron chi connectivity index (χ0n) is 18.1. The van der Waals surface area contributed by atoms with Gasteiger partial charge in [0.25, 0.3) is 0 Å². The van der Waals surface area contributed by atoms with Crippen molar-refractivity contribution in [2.45, 2.75) is 32.2 Å². The molecule has 1 N–H and O–H groups in total. The van der Waals surface area contributed by atoms with Crippen molar-refractivity contribution in [2.75, 3.05) is 19.6 Å². The van der Waals surface area contributed by atoms with Gasteiger partial charge in [-0.1, -0.05) is 52.1 Å². The third kappa shape index (κ3) is 6.70. The van der Waals surface area contributed by atoms with Gasteiger partial charge in [-0.15, -0.1) is 0 Å². The molecule has 2 heterocycles. The maximum Gasteiger partial charge on any atom is 0.241 e. The summed E-state index contributed by atoms with van der Waals surface area (Å²) >= 11 is 18.1. The third-order valence-electron chi connectivity index (χ3n) is 5.73. The summed E-state index contributed by atoms with van der Waals surface area (Å²) in [6, 6.07) is 13.0. The van der Waals surface area contributed by atoms with E-state index in [9.17, 15) is 4.79 Å². The highest BCUT2D eigenvalue weighted by atomic mass is 35.5. The van der Waals surface area contributed by atoms with Gasteiger partial charge in [0.1, 0.15) is 0 Å². The first-order valence-corrected chi connectivity index (χ1v) is 12.1. The standard InChI is InChI=1S/C24H25Cl3N4O2/c25-18-7-5-16(6-8-18)3-1-11-28-24(32)17-4-2-12-31(14-17)15-22-29-23(30-33-22)20-10-9-19(26)13-21(20)27/h5-10,13,17H,1-4,11-12,14-15H2,(H,28,32). The predicted molar refractivity (Wildman–Crippen MR) is 131 cm³/mol. The van der Waals surface area contributed by atoms with Crippen LogP contribution < -0.4 is 5.32 Å².